The number of phenols is 1. The van der Waals surface area contributed by atoms with E-state index in [1.807, 2.05) is 0 Å². The number of hydrogen-bond acceptors (Lipinski definition) is 4. The third-order valence-corrected chi connectivity index (χ3v) is 2.56. The van der Waals surface area contributed by atoms with Gasteiger partial charge < -0.3 is 14.9 Å². The minimum atomic E-state index is -0.268. The van der Waals surface area contributed by atoms with E-state index in [2.05, 4.69) is 0 Å². The van der Waals surface area contributed by atoms with Crippen LogP contribution in [0.1, 0.15) is 25.0 Å². The summed E-state index contributed by atoms with van der Waals surface area (Å²) in [6, 6.07) is 3.06. The number of benzene rings is 1. The molecular weight excluding hydrogens is 220 g/mol. The first kappa shape index (κ1) is 13.1. The Labute approximate surface area is 100 Å². The summed E-state index contributed by atoms with van der Waals surface area (Å²) in [4.78, 5) is 11.4. The van der Waals surface area contributed by atoms with Crippen LogP contribution >= 0.6 is 0 Å². The number of carbonyl (C=O) groups excluding carboxylic acids is 1. The molecule has 0 unspecified atom stereocenters. The van der Waals surface area contributed by atoms with Crippen LogP contribution in [0.3, 0.4) is 0 Å². The molecule has 1 aromatic carbocycles. The van der Waals surface area contributed by atoms with E-state index in [4.69, 9.17) is 4.74 Å². The normalized spacial score (nSPS) is 12.0. The van der Waals surface area contributed by atoms with Crippen LogP contribution in [-0.4, -0.2) is 23.1 Å². The molecule has 0 spiro atoms. The van der Waals surface area contributed by atoms with Gasteiger partial charge in [0.05, 0.1) is 12.7 Å². The van der Waals surface area contributed by atoms with Crippen molar-refractivity contribution >= 4 is 11.4 Å². The van der Waals surface area contributed by atoms with Crippen molar-refractivity contribution in [1.82, 2.24) is 0 Å². The molecule has 0 bridgehead atoms. The van der Waals surface area contributed by atoms with Gasteiger partial charge in [0.15, 0.2) is 5.78 Å². The molecule has 0 fully saturated rings. The fourth-order valence-electron chi connectivity index (χ4n) is 1.70. The van der Waals surface area contributed by atoms with Crippen LogP contribution in [0.5, 0.6) is 11.5 Å². The maximum absolute atomic E-state index is 11.4. The number of ether oxygens (including phenoxy) is 1. The Morgan fingerprint density at radius 2 is 1.88 bits per heavy atom. The number of ketones is 1. The first-order valence-electron chi connectivity index (χ1n) is 5.17. The zero-order chi connectivity index (χ0) is 13.2. The van der Waals surface area contributed by atoms with Gasteiger partial charge in [0.1, 0.15) is 17.3 Å². The lowest BCUT2D eigenvalue weighted by Crippen LogP contribution is -2.00. The van der Waals surface area contributed by atoms with Crippen molar-refractivity contribution in [2.75, 3.05) is 7.11 Å². The van der Waals surface area contributed by atoms with E-state index in [1.54, 1.807) is 13.0 Å². The van der Waals surface area contributed by atoms with Crippen LogP contribution in [0, 0.1) is 6.92 Å². The minimum Gasteiger partial charge on any atom is -0.512 e. The molecule has 0 aromatic heterocycles. The van der Waals surface area contributed by atoms with Crippen molar-refractivity contribution in [1.29, 1.82) is 0 Å². The van der Waals surface area contributed by atoms with E-state index in [-0.39, 0.29) is 22.9 Å². The maximum Gasteiger partial charge on any atom is 0.163 e. The number of hydrogen-bond donors (Lipinski definition) is 2. The highest BCUT2D eigenvalue weighted by molar-refractivity contribution is 6.20. The van der Waals surface area contributed by atoms with Crippen LogP contribution in [0.25, 0.3) is 5.57 Å². The lowest BCUT2D eigenvalue weighted by atomic mass is 9.99. The maximum atomic E-state index is 11.4. The summed E-state index contributed by atoms with van der Waals surface area (Å²) in [5.74, 6) is 0.150. The zero-order valence-corrected chi connectivity index (χ0v) is 10.4. The first-order valence-corrected chi connectivity index (χ1v) is 5.17. The molecule has 0 radical (unpaired) electrons. The molecule has 4 heteroatoms. The Kier molecular flexibility index (Phi) is 3.78. The molecule has 92 valence electrons. The van der Waals surface area contributed by atoms with Crippen molar-refractivity contribution < 1.29 is 19.7 Å². The summed E-state index contributed by atoms with van der Waals surface area (Å²) in [6.45, 7) is 4.50. The molecule has 17 heavy (non-hydrogen) atoms. The number of allylic oxidation sites excluding steroid dienone is 2. The Morgan fingerprint density at radius 3 is 2.29 bits per heavy atom. The largest absolute Gasteiger partial charge is 0.512 e. The van der Waals surface area contributed by atoms with E-state index in [0.29, 0.717) is 16.9 Å². The number of rotatable bonds is 3. The molecule has 0 atom stereocenters. The van der Waals surface area contributed by atoms with Crippen LogP contribution in [0.4, 0.5) is 0 Å². The number of carbonyl (C=O) groups is 1. The molecule has 0 amide bonds. The van der Waals surface area contributed by atoms with Crippen LogP contribution in [0.15, 0.2) is 17.9 Å². The second-order valence-corrected chi connectivity index (χ2v) is 3.84. The molecular formula is C13H16O4. The Hall–Kier alpha value is -1.97. The molecule has 1 rings (SSSR count). The summed E-state index contributed by atoms with van der Waals surface area (Å²) in [5.41, 5.74) is 1.21. The van der Waals surface area contributed by atoms with E-state index in [9.17, 15) is 15.0 Å². The molecule has 0 saturated heterocycles. The zero-order valence-electron chi connectivity index (χ0n) is 10.4. The third kappa shape index (κ3) is 2.58. The van der Waals surface area contributed by atoms with Gasteiger partial charge >= 0.3 is 0 Å². The number of aliphatic hydroxyl groups is 1. The highest BCUT2D eigenvalue weighted by atomic mass is 16.5. The summed E-state index contributed by atoms with van der Waals surface area (Å²) in [7, 11) is 1.48. The molecule has 0 saturated carbocycles. The second-order valence-electron chi connectivity index (χ2n) is 3.84. The van der Waals surface area contributed by atoms with Gasteiger partial charge in [-0.3, -0.25) is 4.79 Å². The van der Waals surface area contributed by atoms with E-state index >= 15 is 0 Å². The third-order valence-electron chi connectivity index (χ3n) is 2.56. The van der Waals surface area contributed by atoms with E-state index < -0.39 is 0 Å². The van der Waals surface area contributed by atoms with Crippen LogP contribution < -0.4 is 4.74 Å². The second kappa shape index (κ2) is 4.91. The number of Topliss-reactive ketones (excluding diaryl/α,β-unsaturated/α-hetero) is 1. The molecule has 1 aromatic rings. The van der Waals surface area contributed by atoms with Gasteiger partial charge in [0.25, 0.3) is 0 Å². The lowest BCUT2D eigenvalue weighted by Gasteiger charge is -2.11. The molecule has 0 aliphatic carbocycles. The van der Waals surface area contributed by atoms with Crippen molar-refractivity contribution in [3.05, 3.63) is 29.0 Å². The fourth-order valence-corrected chi connectivity index (χ4v) is 1.70. The van der Waals surface area contributed by atoms with Gasteiger partial charge in [0, 0.05) is 5.56 Å². The highest BCUT2D eigenvalue weighted by Crippen LogP contribution is 2.32. The Morgan fingerprint density at radius 1 is 1.29 bits per heavy atom. The van der Waals surface area contributed by atoms with E-state index in [0.717, 1.165) is 0 Å². The molecule has 2 N–H and O–H groups in total. The van der Waals surface area contributed by atoms with Gasteiger partial charge in [-0.15, -0.1) is 0 Å². The minimum absolute atomic E-state index is 0.0272. The number of aliphatic hydroxyl groups excluding tert-OH is 1. The smallest absolute Gasteiger partial charge is 0.163 e. The first-order chi connectivity index (χ1) is 7.88. The molecule has 0 aliphatic rings. The van der Waals surface area contributed by atoms with Crippen molar-refractivity contribution in [2.24, 2.45) is 0 Å². The predicted molar refractivity (Wildman–Crippen MR) is 65.3 cm³/mol. The molecule has 0 heterocycles. The van der Waals surface area contributed by atoms with Gasteiger partial charge in [0.2, 0.25) is 0 Å². The predicted octanol–water partition coefficient (Wildman–Crippen LogP) is 2.59. The average Bonchev–Trinajstić information content (AvgIpc) is 2.21. The fraction of sp³-hybridized carbons (Fsp3) is 0.308. The van der Waals surface area contributed by atoms with Gasteiger partial charge in [-0.25, -0.2) is 0 Å². The van der Waals surface area contributed by atoms with Gasteiger partial charge in [-0.2, -0.15) is 0 Å². The number of phenolic OH excluding ortho intramolecular Hbond substituents is 1. The highest BCUT2D eigenvalue weighted by Gasteiger charge is 2.15. The molecule has 4 nitrogen and oxygen atoms in total. The lowest BCUT2D eigenvalue weighted by molar-refractivity contribution is -0.111. The van der Waals surface area contributed by atoms with Crippen molar-refractivity contribution in [3.8, 4) is 11.5 Å². The quantitative estimate of drug-likeness (QED) is 0.625. The number of aromatic hydroxyl groups is 1. The summed E-state index contributed by atoms with van der Waals surface area (Å²) in [5, 5.41) is 19.2. The average molecular weight is 236 g/mol. The Balaban J connectivity index is 3.47. The summed E-state index contributed by atoms with van der Waals surface area (Å²) in [6.07, 6.45) is 0. The van der Waals surface area contributed by atoms with E-state index in [1.165, 1.54) is 27.0 Å². The van der Waals surface area contributed by atoms with Crippen molar-refractivity contribution in [3.63, 3.8) is 0 Å². The Bertz CT molecular complexity index is 482. The summed E-state index contributed by atoms with van der Waals surface area (Å²) < 4.78 is 5.10. The van der Waals surface area contributed by atoms with Crippen molar-refractivity contribution in [2.45, 2.75) is 20.8 Å². The van der Waals surface area contributed by atoms with Gasteiger partial charge in [-0.1, -0.05) is 0 Å². The number of methoxy groups -OCH3 is 1. The summed E-state index contributed by atoms with van der Waals surface area (Å²) >= 11 is 0. The SMILES string of the molecule is COc1cc(/C(C(C)=O)=C(\C)O)cc(O)c1C. The van der Waals surface area contributed by atoms with Gasteiger partial charge in [-0.05, 0) is 38.5 Å². The molecule has 0 aliphatic heterocycles. The topological polar surface area (TPSA) is 66.8 Å². The van der Waals surface area contributed by atoms with Crippen LogP contribution in [0.2, 0.25) is 0 Å². The monoisotopic (exact) mass is 236 g/mol. The van der Waals surface area contributed by atoms with Crippen LogP contribution in [-0.2, 0) is 4.79 Å². The standard InChI is InChI=1S/C13H16O4/c1-7-11(16)5-10(6-12(7)17-4)13(8(2)14)9(3)15/h5-6,14,16H,1-4H3/b13-8+.